The minimum atomic E-state index is -4.39. The number of hydrogen-bond acceptors (Lipinski definition) is 7. The van der Waals surface area contributed by atoms with Crippen molar-refractivity contribution >= 4 is 13.7 Å². The van der Waals surface area contributed by atoms with Crippen LogP contribution in [0, 0.1) is 0 Å². The van der Waals surface area contributed by atoms with E-state index in [1.165, 1.54) is 89.9 Å². The molecule has 0 rings (SSSR count). The molecule has 1 amide bonds. The SMILES string of the molecule is CCCCCCCCCCC/C=C/CC/C=C/C(O)C(COP(=O)(O)OCCN)NC(=O)CC(O)CCCCCCCCCC. The maximum Gasteiger partial charge on any atom is 0.472 e. The molecule has 45 heavy (non-hydrogen) atoms. The van der Waals surface area contributed by atoms with Crippen LogP contribution >= 0.6 is 7.82 Å². The van der Waals surface area contributed by atoms with Crippen molar-refractivity contribution in [2.24, 2.45) is 5.73 Å². The molecular formula is C35H69N2O7P. The summed E-state index contributed by atoms with van der Waals surface area (Å²) >= 11 is 0. The number of hydrogen-bond donors (Lipinski definition) is 5. The molecule has 4 unspecified atom stereocenters. The summed E-state index contributed by atoms with van der Waals surface area (Å²) in [7, 11) is -4.39. The summed E-state index contributed by atoms with van der Waals surface area (Å²) in [6.45, 7) is 3.89. The van der Waals surface area contributed by atoms with Gasteiger partial charge in [-0.2, -0.15) is 0 Å². The quantitative estimate of drug-likeness (QED) is 0.0270. The Morgan fingerprint density at radius 1 is 0.756 bits per heavy atom. The van der Waals surface area contributed by atoms with E-state index in [-0.39, 0.29) is 19.6 Å². The summed E-state index contributed by atoms with van der Waals surface area (Å²) in [5.41, 5.74) is 5.33. The number of phosphoric acid groups is 1. The maximum absolute atomic E-state index is 12.7. The summed E-state index contributed by atoms with van der Waals surface area (Å²) < 4.78 is 21.9. The topological polar surface area (TPSA) is 151 Å². The highest BCUT2D eigenvalue weighted by Gasteiger charge is 2.27. The zero-order chi connectivity index (χ0) is 33.4. The predicted molar refractivity (Wildman–Crippen MR) is 186 cm³/mol. The van der Waals surface area contributed by atoms with Gasteiger partial charge in [-0.1, -0.05) is 141 Å². The second-order valence-electron chi connectivity index (χ2n) is 12.3. The molecule has 0 saturated carbocycles. The number of carbonyl (C=O) groups is 1. The summed E-state index contributed by atoms with van der Waals surface area (Å²) in [5, 5.41) is 23.8. The Morgan fingerprint density at radius 3 is 1.84 bits per heavy atom. The lowest BCUT2D eigenvalue weighted by molar-refractivity contribution is -0.124. The molecule has 0 aliphatic rings. The Labute approximate surface area is 275 Å². The third-order valence-electron chi connectivity index (χ3n) is 7.83. The van der Waals surface area contributed by atoms with Crippen molar-refractivity contribution in [3.8, 4) is 0 Å². The molecular weight excluding hydrogens is 591 g/mol. The second-order valence-corrected chi connectivity index (χ2v) is 13.7. The fourth-order valence-electron chi connectivity index (χ4n) is 5.07. The van der Waals surface area contributed by atoms with Crippen LogP contribution in [0.2, 0.25) is 0 Å². The number of aliphatic hydroxyl groups excluding tert-OH is 2. The number of unbranched alkanes of at least 4 members (excludes halogenated alkanes) is 17. The van der Waals surface area contributed by atoms with Crippen LogP contribution in [-0.4, -0.2) is 59.0 Å². The van der Waals surface area contributed by atoms with Crippen molar-refractivity contribution in [1.29, 1.82) is 0 Å². The van der Waals surface area contributed by atoms with Gasteiger partial charge < -0.3 is 26.2 Å². The molecule has 0 heterocycles. The van der Waals surface area contributed by atoms with Crippen LogP contribution in [-0.2, 0) is 18.4 Å². The largest absolute Gasteiger partial charge is 0.472 e. The third kappa shape index (κ3) is 30.0. The molecule has 0 aromatic rings. The molecule has 266 valence electrons. The first-order chi connectivity index (χ1) is 21.8. The molecule has 0 aliphatic heterocycles. The molecule has 0 spiro atoms. The summed E-state index contributed by atoms with van der Waals surface area (Å²) in [5.74, 6) is -0.460. The van der Waals surface area contributed by atoms with Crippen molar-refractivity contribution in [3.05, 3.63) is 24.3 Å². The lowest BCUT2D eigenvalue weighted by Gasteiger charge is -2.24. The van der Waals surface area contributed by atoms with E-state index in [9.17, 15) is 24.5 Å². The number of nitrogens with one attached hydrogen (secondary N) is 1. The third-order valence-corrected chi connectivity index (χ3v) is 8.82. The van der Waals surface area contributed by atoms with Crippen LogP contribution in [0.1, 0.15) is 155 Å². The molecule has 4 atom stereocenters. The van der Waals surface area contributed by atoms with Crippen molar-refractivity contribution < 1.29 is 33.5 Å². The predicted octanol–water partition coefficient (Wildman–Crippen LogP) is 8.02. The molecule has 0 saturated heterocycles. The monoisotopic (exact) mass is 660 g/mol. The van der Waals surface area contributed by atoms with Crippen molar-refractivity contribution in [3.63, 3.8) is 0 Å². The lowest BCUT2D eigenvalue weighted by atomic mass is 10.0. The van der Waals surface area contributed by atoms with Gasteiger partial charge in [-0.3, -0.25) is 13.8 Å². The molecule has 0 radical (unpaired) electrons. The zero-order valence-corrected chi connectivity index (χ0v) is 29.6. The van der Waals surface area contributed by atoms with E-state index < -0.39 is 38.6 Å². The van der Waals surface area contributed by atoms with Crippen LogP contribution in [0.4, 0.5) is 0 Å². The van der Waals surface area contributed by atoms with Crippen LogP contribution in [0.5, 0.6) is 0 Å². The van der Waals surface area contributed by atoms with E-state index in [4.69, 9.17) is 14.8 Å². The molecule has 0 bridgehead atoms. The maximum atomic E-state index is 12.7. The van der Waals surface area contributed by atoms with Crippen molar-refractivity contribution in [2.75, 3.05) is 19.8 Å². The molecule has 0 fully saturated rings. The first-order valence-corrected chi connectivity index (χ1v) is 19.5. The molecule has 0 aromatic carbocycles. The Hall–Kier alpha value is -1.06. The van der Waals surface area contributed by atoms with Gasteiger partial charge in [-0.05, 0) is 32.1 Å². The van der Waals surface area contributed by atoms with E-state index >= 15 is 0 Å². The molecule has 0 aliphatic carbocycles. The summed E-state index contributed by atoms with van der Waals surface area (Å²) in [6, 6.07) is -0.992. The van der Waals surface area contributed by atoms with Gasteiger partial charge in [0.05, 0.1) is 37.9 Å². The zero-order valence-electron chi connectivity index (χ0n) is 28.7. The van der Waals surface area contributed by atoms with Gasteiger partial charge >= 0.3 is 7.82 Å². The minimum Gasteiger partial charge on any atom is -0.393 e. The van der Waals surface area contributed by atoms with Gasteiger partial charge in [0.25, 0.3) is 0 Å². The first kappa shape index (κ1) is 43.9. The van der Waals surface area contributed by atoms with Crippen LogP contribution in [0.25, 0.3) is 0 Å². The lowest BCUT2D eigenvalue weighted by Crippen LogP contribution is -2.46. The molecule has 9 nitrogen and oxygen atoms in total. The minimum absolute atomic E-state index is 0.0455. The highest BCUT2D eigenvalue weighted by molar-refractivity contribution is 7.47. The van der Waals surface area contributed by atoms with E-state index in [1.54, 1.807) is 6.08 Å². The van der Waals surface area contributed by atoms with Crippen LogP contribution in [0.3, 0.4) is 0 Å². The first-order valence-electron chi connectivity index (χ1n) is 18.0. The summed E-state index contributed by atoms with van der Waals surface area (Å²) in [6.07, 6.45) is 29.9. The number of allylic oxidation sites excluding steroid dienone is 3. The molecule has 6 N–H and O–H groups in total. The number of nitrogens with two attached hydrogens (primary N) is 1. The molecule has 0 aromatic heterocycles. The average Bonchev–Trinajstić information content (AvgIpc) is 3.01. The second kappa shape index (κ2) is 31.5. The van der Waals surface area contributed by atoms with E-state index in [2.05, 4.69) is 31.3 Å². The molecule has 10 heteroatoms. The van der Waals surface area contributed by atoms with E-state index in [0.29, 0.717) is 12.8 Å². The number of amides is 1. The Bertz CT molecular complexity index is 781. The number of rotatable bonds is 33. The highest BCUT2D eigenvalue weighted by atomic mass is 31.2. The Morgan fingerprint density at radius 2 is 1.27 bits per heavy atom. The standard InChI is InChI=1S/C35H69N2O7P/c1-3-5-7-9-11-13-14-15-16-17-18-19-21-23-25-27-34(39)33(31-44-45(41,42)43-29-28-36)37-35(40)30-32(38)26-24-22-20-12-10-8-6-4-2/h18-19,25,27,32-34,38-39H,3-17,20-24,26,28-31,36H2,1-2H3,(H,37,40)(H,41,42)/b19-18+,27-25+. The van der Waals surface area contributed by atoms with Gasteiger partial charge in [-0.15, -0.1) is 0 Å². The van der Waals surface area contributed by atoms with Crippen LogP contribution in [0.15, 0.2) is 24.3 Å². The Kier molecular flexibility index (Phi) is 30.8. The summed E-state index contributed by atoms with van der Waals surface area (Å²) in [4.78, 5) is 22.5. The average molecular weight is 661 g/mol. The van der Waals surface area contributed by atoms with Gasteiger partial charge in [0, 0.05) is 6.54 Å². The smallest absolute Gasteiger partial charge is 0.393 e. The van der Waals surface area contributed by atoms with Gasteiger partial charge in [0.15, 0.2) is 0 Å². The van der Waals surface area contributed by atoms with Gasteiger partial charge in [-0.25, -0.2) is 4.57 Å². The van der Waals surface area contributed by atoms with E-state index in [0.717, 1.165) is 32.1 Å². The van der Waals surface area contributed by atoms with Gasteiger partial charge in [0.1, 0.15) is 0 Å². The number of phosphoric ester groups is 1. The van der Waals surface area contributed by atoms with Crippen molar-refractivity contribution in [2.45, 2.75) is 173 Å². The van der Waals surface area contributed by atoms with Gasteiger partial charge in [0.2, 0.25) is 5.91 Å². The van der Waals surface area contributed by atoms with E-state index in [1.807, 2.05) is 6.08 Å². The fraction of sp³-hybridized carbons (Fsp3) is 0.857. The number of carbonyl (C=O) groups excluding carboxylic acids is 1. The Balaban J connectivity index is 4.53. The highest BCUT2D eigenvalue weighted by Crippen LogP contribution is 2.43. The van der Waals surface area contributed by atoms with Crippen molar-refractivity contribution in [1.82, 2.24) is 5.32 Å². The number of aliphatic hydroxyl groups is 2. The van der Waals surface area contributed by atoms with Crippen LogP contribution < -0.4 is 11.1 Å². The fourth-order valence-corrected chi connectivity index (χ4v) is 5.83. The normalized spacial score (nSPS) is 15.4.